The number of nitrogens with zero attached hydrogens (tertiary/aromatic N) is 2. The van der Waals surface area contributed by atoms with Crippen molar-refractivity contribution >= 4 is 45.6 Å². The Morgan fingerprint density at radius 2 is 1.91 bits per heavy atom. The molecule has 0 bridgehead atoms. The van der Waals surface area contributed by atoms with E-state index in [0.717, 1.165) is 25.4 Å². The number of hydrogen-bond donors (Lipinski definition) is 0. The van der Waals surface area contributed by atoms with Gasteiger partial charge in [-0.15, -0.1) is 11.3 Å². The predicted molar refractivity (Wildman–Crippen MR) is 105 cm³/mol. The molecule has 3 rings (SSSR count). The molecule has 0 unspecified atom stereocenters. The van der Waals surface area contributed by atoms with Crippen LogP contribution in [0.4, 0.5) is 0 Å². The molecule has 0 saturated carbocycles. The van der Waals surface area contributed by atoms with Crippen molar-refractivity contribution in [2.45, 2.75) is 6.92 Å². The van der Waals surface area contributed by atoms with Gasteiger partial charge in [-0.25, -0.2) is 4.98 Å². The highest BCUT2D eigenvalue weighted by Crippen LogP contribution is 2.28. The van der Waals surface area contributed by atoms with Crippen LogP contribution in [0.25, 0.3) is 22.9 Å². The Kier molecular flexibility index (Phi) is 4.89. The quantitative estimate of drug-likeness (QED) is 0.391. The Morgan fingerprint density at radius 1 is 1.17 bits per heavy atom. The van der Waals surface area contributed by atoms with Crippen molar-refractivity contribution in [3.05, 3.63) is 73.6 Å². The number of benzene rings is 2. The summed E-state index contributed by atoms with van der Waals surface area (Å²) < 4.78 is 1.12. The Morgan fingerprint density at radius 3 is 2.61 bits per heavy atom. The molecule has 3 aromatic rings. The molecule has 0 aliphatic rings. The topological polar surface area (TPSA) is 36.7 Å². The molecule has 4 heteroatoms. The van der Waals surface area contributed by atoms with Crippen LogP contribution >= 0.6 is 33.9 Å². The molecule has 0 fully saturated rings. The third kappa shape index (κ3) is 3.69. The monoisotopic (exact) mass is 428 g/mol. The summed E-state index contributed by atoms with van der Waals surface area (Å²) in [7, 11) is 0. The van der Waals surface area contributed by atoms with Gasteiger partial charge in [-0.1, -0.05) is 48.0 Å². The van der Waals surface area contributed by atoms with E-state index < -0.39 is 0 Å². The lowest BCUT2D eigenvalue weighted by Crippen LogP contribution is -1.85. The first-order valence-electron chi connectivity index (χ1n) is 7.06. The van der Waals surface area contributed by atoms with Crippen LogP contribution in [0.5, 0.6) is 0 Å². The summed E-state index contributed by atoms with van der Waals surface area (Å²) in [5, 5.41) is 12.2. The number of hydrogen-bond acceptors (Lipinski definition) is 3. The van der Waals surface area contributed by atoms with Crippen LogP contribution in [0.1, 0.15) is 16.1 Å². The molecular formula is C19H13IN2S. The Balaban J connectivity index is 1.96. The van der Waals surface area contributed by atoms with E-state index in [2.05, 4.69) is 64.8 Å². The van der Waals surface area contributed by atoms with E-state index in [1.807, 2.05) is 35.7 Å². The van der Waals surface area contributed by atoms with E-state index in [1.54, 1.807) is 0 Å². The fourth-order valence-electron chi connectivity index (χ4n) is 2.14. The maximum absolute atomic E-state index is 9.49. The minimum Gasteiger partial charge on any atom is -0.235 e. The maximum atomic E-state index is 9.49. The highest BCUT2D eigenvalue weighted by molar-refractivity contribution is 14.1. The van der Waals surface area contributed by atoms with E-state index >= 15 is 0 Å². The number of nitriles is 1. The van der Waals surface area contributed by atoms with Gasteiger partial charge in [0.2, 0.25) is 0 Å². The number of allylic oxidation sites excluding steroid dienone is 1. The molecule has 0 aliphatic heterocycles. The summed E-state index contributed by atoms with van der Waals surface area (Å²) in [5.41, 5.74) is 4.84. The lowest BCUT2D eigenvalue weighted by atomic mass is 10.1. The molecule has 2 aromatic carbocycles. The van der Waals surface area contributed by atoms with Crippen molar-refractivity contribution in [1.82, 2.24) is 4.98 Å². The van der Waals surface area contributed by atoms with Crippen LogP contribution in [-0.2, 0) is 0 Å². The van der Waals surface area contributed by atoms with E-state index in [4.69, 9.17) is 0 Å². The summed E-state index contributed by atoms with van der Waals surface area (Å²) in [5.74, 6) is 0. The van der Waals surface area contributed by atoms with Crippen molar-refractivity contribution in [2.24, 2.45) is 0 Å². The summed E-state index contributed by atoms with van der Waals surface area (Å²) >= 11 is 3.78. The summed E-state index contributed by atoms with van der Waals surface area (Å²) in [6.45, 7) is 2.06. The summed E-state index contributed by atoms with van der Waals surface area (Å²) in [6, 6.07) is 18.5. The highest BCUT2D eigenvalue weighted by atomic mass is 127. The molecule has 23 heavy (non-hydrogen) atoms. The maximum Gasteiger partial charge on any atom is 0.134 e. The first kappa shape index (κ1) is 15.9. The van der Waals surface area contributed by atoms with Gasteiger partial charge in [-0.2, -0.15) is 5.26 Å². The van der Waals surface area contributed by atoms with Crippen LogP contribution in [0, 0.1) is 21.8 Å². The van der Waals surface area contributed by atoms with Crippen LogP contribution in [0.2, 0.25) is 0 Å². The van der Waals surface area contributed by atoms with Gasteiger partial charge in [0.1, 0.15) is 11.1 Å². The summed E-state index contributed by atoms with van der Waals surface area (Å²) in [4.78, 5) is 4.63. The summed E-state index contributed by atoms with van der Waals surface area (Å²) in [6.07, 6.45) is 1.90. The zero-order chi connectivity index (χ0) is 16.2. The molecule has 0 N–H and O–H groups in total. The van der Waals surface area contributed by atoms with Crippen LogP contribution in [0.15, 0.2) is 53.9 Å². The van der Waals surface area contributed by atoms with Crippen LogP contribution < -0.4 is 0 Å². The van der Waals surface area contributed by atoms with Crippen molar-refractivity contribution in [3.63, 3.8) is 0 Å². The predicted octanol–water partition coefficient (Wildman–Crippen LogP) is 5.79. The van der Waals surface area contributed by atoms with Crippen molar-refractivity contribution in [1.29, 1.82) is 5.26 Å². The highest BCUT2D eigenvalue weighted by Gasteiger charge is 2.09. The van der Waals surface area contributed by atoms with Gasteiger partial charge in [0.15, 0.2) is 0 Å². The molecule has 0 radical (unpaired) electrons. The SMILES string of the molecule is Cc1ccc(-c2csc(/C(C#N)=C/c3ccccc3I)n2)cc1. The minimum atomic E-state index is 0.595. The molecular weight excluding hydrogens is 415 g/mol. The lowest BCUT2D eigenvalue weighted by Gasteiger charge is -1.99. The van der Waals surface area contributed by atoms with Crippen molar-refractivity contribution in [3.8, 4) is 17.3 Å². The third-order valence-corrected chi connectivity index (χ3v) is 5.27. The molecule has 1 heterocycles. The minimum absolute atomic E-state index is 0.595. The molecule has 1 aromatic heterocycles. The van der Waals surface area contributed by atoms with Gasteiger partial charge in [0.05, 0.1) is 11.3 Å². The van der Waals surface area contributed by atoms with Crippen LogP contribution in [0.3, 0.4) is 0 Å². The van der Waals surface area contributed by atoms with Gasteiger partial charge >= 0.3 is 0 Å². The molecule has 2 nitrogen and oxygen atoms in total. The number of rotatable bonds is 3. The largest absolute Gasteiger partial charge is 0.235 e. The number of halogens is 1. The smallest absolute Gasteiger partial charge is 0.134 e. The Hall–Kier alpha value is -1.97. The number of aromatic nitrogens is 1. The van der Waals surface area contributed by atoms with Crippen molar-refractivity contribution in [2.75, 3.05) is 0 Å². The number of thiazole rings is 1. The first-order valence-corrected chi connectivity index (χ1v) is 9.02. The zero-order valence-electron chi connectivity index (χ0n) is 12.5. The fraction of sp³-hybridized carbons (Fsp3) is 0.0526. The van der Waals surface area contributed by atoms with E-state index in [9.17, 15) is 5.26 Å². The normalized spacial score (nSPS) is 11.3. The number of aryl methyl sites for hydroxylation is 1. The standard InChI is InChI=1S/C19H13IN2S/c1-13-6-8-14(9-7-13)18-12-23-19(22-18)16(11-21)10-15-4-2-3-5-17(15)20/h2-10,12H,1H3/b16-10+. The second-order valence-corrected chi connectivity index (χ2v) is 7.12. The van der Waals surface area contributed by atoms with E-state index in [-0.39, 0.29) is 0 Å². The second kappa shape index (κ2) is 7.07. The van der Waals surface area contributed by atoms with Gasteiger partial charge in [-0.3, -0.25) is 0 Å². The first-order chi connectivity index (χ1) is 11.2. The second-order valence-electron chi connectivity index (χ2n) is 5.10. The molecule has 0 spiro atoms. The molecule has 0 saturated heterocycles. The third-order valence-electron chi connectivity index (χ3n) is 3.41. The zero-order valence-corrected chi connectivity index (χ0v) is 15.4. The molecule has 0 amide bonds. The molecule has 112 valence electrons. The molecule has 0 atom stereocenters. The Bertz CT molecular complexity index is 902. The lowest BCUT2D eigenvalue weighted by molar-refractivity contribution is 1.36. The fourth-order valence-corrected chi connectivity index (χ4v) is 3.48. The van der Waals surface area contributed by atoms with Gasteiger partial charge in [-0.05, 0) is 47.2 Å². The van der Waals surface area contributed by atoms with Crippen molar-refractivity contribution < 1.29 is 0 Å². The van der Waals surface area contributed by atoms with Gasteiger partial charge in [0.25, 0.3) is 0 Å². The van der Waals surface area contributed by atoms with Crippen LogP contribution in [-0.4, -0.2) is 4.98 Å². The van der Waals surface area contributed by atoms with Gasteiger partial charge in [0, 0.05) is 14.5 Å². The average Bonchev–Trinajstić information content (AvgIpc) is 3.04. The van der Waals surface area contributed by atoms with Gasteiger partial charge < -0.3 is 0 Å². The Labute approximate surface area is 153 Å². The van der Waals surface area contributed by atoms with E-state index in [0.29, 0.717) is 5.57 Å². The van der Waals surface area contributed by atoms with E-state index in [1.165, 1.54) is 16.9 Å². The average molecular weight is 428 g/mol. The molecule has 0 aliphatic carbocycles.